The number of carboxylic acids is 1. The number of benzene rings is 1. The minimum atomic E-state index is -1.02. The van der Waals surface area contributed by atoms with Gasteiger partial charge in [-0.05, 0) is 23.8 Å². The molecule has 0 atom stereocenters. The van der Waals surface area contributed by atoms with Crippen molar-refractivity contribution >= 4 is 12.0 Å². The number of hydrogen-bond acceptors (Lipinski definition) is 7. The Morgan fingerprint density at radius 3 is 2.08 bits per heavy atom. The largest absolute Gasteiger partial charge is 0.502 e. The van der Waals surface area contributed by atoms with Crippen molar-refractivity contribution in [2.75, 3.05) is 21.3 Å². The summed E-state index contributed by atoms with van der Waals surface area (Å²) in [4.78, 5) is 20.7. The van der Waals surface area contributed by atoms with E-state index in [0.717, 1.165) is 18.4 Å². The Balaban J connectivity index is 0.000000324. The van der Waals surface area contributed by atoms with Crippen molar-refractivity contribution in [3.05, 3.63) is 52.6 Å². The van der Waals surface area contributed by atoms with Crippen LogP contribution in [-0.2, 0) is 4.79 Å². The van der Waals surface area contributed by atoms with E-state index in [9.17, 15) is 9.59 Å². The SMILES string of the molecule is COc1cc(C=CC(=O)O)cc(OC)c1OC.O=c1ccocc1O. The highest BCUT2D eigenvalue weighted by Gasteiger charge is 2.11. The molecule has 0 aliphatic heterocycles. The van der Waals surface area contributed by atoms with Gasteiger partial charge in [-0.1, -0.05) is 0 Å². The van der Waals surface area contributed by atoms with Crippen LogP contribution >= 0.6 is 0 Å². The predicted molar refractivity (Wildman–Crippen MR) is 89.4 cm³/mol. The quantitative estimate of drug-likeness (QED) is 0.788. The average Bonchev–Trinajstić information content (AvgIpc) is 2.61. The predicted octanol–water partition coefficient (Wildman–Crippen LogP) is 2.16. The monoisotopic (exact) mass is 350 g/mol. The highest BCUT2D eigenvalue weighted by Crippen LogP contribution is 2.38. The van der Waals surface area contributed by atoms with E-state index in [1.807, 2.05) is 0 Å². The smallest absolute Gasteiger partial charge is 0.328 e. The molecule has 2 aromatic rings. The molecule has 8 nitrogen and oxygen atoms in total. The molecule has 2 rings (SSSR count). The van der Waals surface area contributed by atoms with Crippen LogP contribution in [0.4, 0.5) is 0 Å². The number of hydrogen-bond donors (Lipinski definition) is 2. The Labute approximate surface area is 143 Å². The Morgan fingerprint density at radius 1 is 1.12 bits per heavy atom. The fourth-order valence-corrected chi connectivity index (χ4v) is 1.71. The normalized spacial score (nSPS) is 9.88. The average molecular weight is 350 g/mol. The lowest BCUT2D eigenvalue weighted by Crippen LogP contribution is -1.95. The van der Waals surface area contributed by atoms with Gasteiger partial charge in [-0.2, -0.15) is 0 Å². The molecule has 8 heteroatoms. The number of aliphatic carboxylic acids is 1. The minimum absolute atomic E-state index is 0.354. The van der Waals surface area contributed by atoms with E-state index in [1.54, 1.807) is 12.1 Å². The lowest BCUT2D eigenvalue weighted by Gasteiger charge is -2.12. The standard InChI is InChI=1S/C12H14O5.C5H4O3/c1-15-9-6-8(4-5-11(13)14)7-10(16-2)12(9)17-3;6-4-1-2-8-3-5(4)7/h4-7H,1-3H3,(H,13,14);1-3,7H. The maximum atomic E-state index is 10.4. The Kier molecular flexibility index (Phi) is 7.58. The first-order chi connectivity index (χ1) is 11.9. The number of rotatable bonds is 5. The van der Waals surface area contributed by atoms with E-state index >= 15 is 0 Å². The minimum Gasteiger partial charge on any atom is -0.502 e. The van der Waals surface area contributed by atoms with Gasteiger partial charge in [-0.15, -0.1) is 0 Å². The lowest BCUT2D eigenvalue weighted by molar-refractivity contribution is -0.131. The van der Waals surface area contributed by atoms with Gasteiger partial charge < -0.3 is 28.8 Å². The Bertz CT molecular complexity index is 766. The summed E-state index contributed by atoms with van der Waals surface area (Å²) in [6.07, 6.45) is 4.69. The molecule has 2 N–H and O–H groups in total. The number of methoxy groups -OCH3 is 3. The third-order valence-electron chi connectivity index (χ3n) is 2.84. The van der Waals surface area contributed by atoms with Gasteiger partial charge >= 0.3 is 5.97 Å². The van der Waals surface area contributed by atoms with E-state index in [0.29, 0.717) is 22.8 Å². The number of carboxylic acid groups (broad SMARTS) is 1. The van der Waals surface area contributed by atoms with Crippen LogP contribution in [0.2, 0.25) is 0 Å². The van der Waals surface area contributed by atoms with Gasteiger partial charge in [-0.25, -0.2) is 4.79 Å². The summed E-state index contributed by atoms with van der Waals surface area (Å²) in [6, 6.07) is 4.48. The first-order valence-electron chi connectivity index (χ1n) is 6.89. The van der Waals surface area contributed by atoms with Gasteiger partial charge in [0.2, 0.25) is 11.2 Å². The van der Waals surface area contributed by atoms with Gasteiger partial charge in [0.15, 0.2) is 17.2 Å². The fraction of sp³-hybridized carbons (Fsp3) is 0.176. The maximum Gasteiger partial charge on any atom is 0.328 e. The molecular formula is C17H18O8. The lowest BCUT2D eigenvalue weighted by atomic mass is 10.1. The number of aromatic hydroxyl groups is 1. The second-order valence-electron chi connectivity index (χ2n) is 4.44. The molecule has 0 radical (unpaired) electrons. The van der Waals surface area contributed by atoms with Gasteiger partial charge in [0.25, 0.3) is 0 Å². The van der Waals surface area contributed by atoms with Crippen LogP contribution in [0.25, 0.3) is 6.08 Å². The molecule has 1 heterocycles. The van der Waals surface area contributed by atoms with Crippen molar-refractivity contribution in [3.63, 3.8) is 0 Å². The summed E-state index contributed by atoms with van der Waals surface area (Å²) >= 11 is 0. The summed E-state index contributed by atoms with van der Waals surface area (Å²) in [5.74, 6) is 0.0718. The molecule has 0 amide bonds. The zero-order valence-electron chi connectivity index (χ0n) is 13.9. The first-order valence-corrected chi connectivity index (χ1v) is 6.89. The third kappa shape index (κ3) is 5.94. The molecule has 0 unspecified atom stereocenters. The summed E-state index contributed by atoms with van der Waals surface area (Å²) in [5, 5.41) is 17.1. The highest BCUT2D eigenvalue weighted by atomic mass is 16.5. The van der Waals surface area contributed by atoms with Gasteiger partial charge in [0.05, 0.1) is 27.6 Å². The Morgan fingerprint density at radius 2 is 1.72 bits per heavy atom. The van der Waals surface area contributed by atoms with Crippen LogP contribution in [0.15, 0.2) is 46.0 Å². The van der Waals surface area contributed by atoms with Crippen LogP contribution in [0.3, 0.4) is 0 Å². The summed E-state index contributed by atoms with van der Waals surface area (Å²) in [6.45, 7) is 0. The van der Waals surface area contributed by atoms with Crippen LogP contribution in [-0.4, -0.2) is 37.5 Å². The van der Waals surface area contributed by atoms with Crippen molar-refractivity contribution < 1.29 is 33.6 Å². The molecule has 0 spiro atoms. The molecule has 0 fully saturated rings. The zero-order valence-corrected chi connectivity index (χ0v) is 13.9. The van der Waals surface area contributed by atoms with Crippen LogP contribution in [0.1, 0.15) is 5.56 Å². The molecule has 0 bridgehead atoms. The van der Waals surface area contributed by atoms with E-state index in [2.05, 4.69) is 4.42 Å². The summed E-state index contributed by atoms with van der Waals surface area (Å²) < 4.78 is 19.9. The maximum absolute atomic E-state index is 10.4. The van der Waals surface area contributed by atoms with Crippen molar-refractivity contribution in [2.24, 2.45) is 0 Å². The molecule has 1 aromatic carbocycles. The molecule has 1 aromatic heterocycles. The summed E-state index contributed by atoms with van der Waals surface area (Å²) in [7, 11) is 4.51. The van der Waals surface area contributed by atoms with Crippen molar-refractivity contribution in [1.29, 1.82) is 0 Å². The summed E-state index contributed by atoms with van der Waals surface area (Å²) in [5.41, 5.74) is 0.234. The molecule has 0 saturated heterocycles. The topological polar surface area (TPSA) is 115 Å². The van der Waals surface area contributed by atoms with Gasteiger partial charge in [0, 0.05) is 12.1 Å². The molecule has 0 aliphatic carbocycles. The van der Waals surface area contributed by atoms with Crippen molar-refractivity contribution in [2.45, 2.75) is 0 Å². The molecule has 25 heavy (non-hydrogen) atoms. The van der Waals surface area contributed by atoms with Crippen LogP contribution in [0, 0.1) is 0 Å². The molecule has 0 saturated carbocycles. The van der Waals surface area contributed by atoms with E-state index in [1.165, 1.54) is 33.7 Å². The van der Waals surface area contributed by atoms with E-state index < -0.39 is 11.4 Å². The highest BCUT2D eigenvalue weighted by molar-refractivity contribution is 5.85. The van der Waals surface area contributed by atoms with Crippen LogP contribution in [0.5, 0.6) is 23.0 Å². The Hall–Kier alpha value is -3.42. The van der Waals surface area contributed by atoms with Gasteiger partial charge in [-0.3, -0.25) is 4.79 Å². The molecule has 134 valence electrons. The van der Waals surface area contributed by atoms with E-state index in [4.69, 9.17) is 24.4 Å². The van der Waals surface area contributed by atoms with Crippen LogP contribution < -0.4 is 19.6 Å². The number of ether oxygens (including phenoxy) is 3. The van der Waals surface area contributed by atoms with Crippen molar-refractivity contribution in [1.82, 2.24) is 0 Å². The zero-order chi connectivity index (χ0) is 18.8. The third-order valence-corrected chi connectivity index (χ3v) is 2.84. The molecular weight excluding hydrogens is 332 g/mol. The fourth-order valence-electron chi connectivity index (χ4n) is 1.71. The van der Waals surface area contributed by atoms with Gasteiger partial charge in [0.1, 0.15) is 6.26 Å². The molecule has 0 aliphatic rings. The second kappa shape index (κ2) is 9.66. The van der Waals surface area contributed by atoms with Crippen molar-refractivity contribution in [3.8, 4) is 23.0 Å². The number of carbonyl (C=O) groups is 1. The van der Waals surface area contributed by atoms with E-state index in [-0.39, 0.29) is 5.75 Å². The first kappa shape index (κ1) is 19.6. The second-order valence-corrected chi connectivity index (χ2v) is 4.44.